The number of benzene rings is 2. The molecule has 2 aromatic carbocycles. The molecule has 0 spiro atoms. The molecule has 0 saturated carbocycles. The van der Waals surface area contributed by atoms with Crippen LogP contribution < -0.4 is 10.0 Å². The molecule has 0 aromatic heterocycles. The summed E-state index contributed by atoms with van der Waals surface area (Å²) < 4.78 is 69.0. The summed E-state index contributed by atoms with van der Waals surface area (Å²) >= 11 is 0. The molecule has 0 radical (unpaired) electrons. The number of halogens is 1. The molecule has 3 atom stereocenters. The van der Waals surface area contributed by atoms with Crippen molar-refractivity contribution in [2.45, 2.75) is 30.3 Å². The van der Waals surface area contributed by atoms with Crippen LogP contribution in [0.1, 0.15) is 18.4 Å². The Kier molecular flexibility index (Phi) is 5.44. The summed E-state index contributed by atoms with van der Waals surface area (Å²) in [4.78, 5) is 15.2. The highest BCUT2D eigenvalue weighted by Crippen LogP contribution is 2.51. The molecule has 0 unspecified atom stereocenters. The Balaban J connectivity index is 1.41. The summed E-state index contributed by atoms with van der Waals surface area (Å²) in [6, 6.07) is 9.31. The van der Waals surface area contributed by atoms with E-state index in [9.17, 15) is 31.1 Å². The average molecular weight is 559 g/mol. The molecule has 2 heterocycles. The van der Waals surface area contributed by atoms with Gasteiger partial charge in [-0.15, -0.1) is 4.40 Å². The molecule has 10 nitrogen and oxygen atoms in total. The summed E-state index contributed by atoms with van der Waals surface area (Å²) in [6.07, 6.45) is 4.61. The second kappa shape index (κ2) is 8.40. The lowest BCUT2D eigenvalue weighted by Crippen LogP contribution is -2.53. The first-order valence-electron chi connectivity index (χ1n) is 11.8. The minimum atomic E-state index is -4.36. The summed E-state index contributed by atoms with van der Waals surface area (Å²) in [6.45, 7) is 0.145. The predicted molar refractivity (Wildman–Crippen MR) is 138 cm³/mol. The van der Waals surface area contributed by atoms with Crippen molar-refractivity contribution < 1.29 is 31.1 Å². The minimum Gasteiger partial charge on any atom is -0.511 e. The van der Waals surface area contributed by atoms with Crippen LogP contribution in [-0.2, 0) is 31.4 Å². The molecule has 2 aliphatic heterocycles. The maximum Gasteiger partial charge on any atom is 0.286 e. The van der Waals surface area contributed by atoms with E-state index >= 15 is 0 Å². The van der Waals surface area contributed by atoms with Crippen LogP contribution in [0.15, 0.2) is 74.7 Å². The zero-order valence-corrected chi connectivity index (χ0v) is 21.7. The fourth-order valence-electron chi connectivity index (χ4n) is 5.79. The van der Waals surface area contributed by atoms with Crippen molar-refractivity contribution in [3.8, 4) is 0 Å². The van der Waals surface area contributed by atoms with Crippen LogP contribution >= 0.6 is 0 Å². The molecule has 38 heavy (non-hydrogen) atoms. The van der Waals surface area contributed by atoms with Gasteiger partial charge in [-0.05, 0) is 54.7 Å². The van der Waals surface area contributed by atoms with Crippen LogP contribution in [0.5, 0.6) is 0 Å². The number of hydrogen-bond acceptors (Lipinski definition) is 7. The lowest BCUT2D eigenvalue weighted by Gasteiger charge is -2.44. The first kappa shape index (κ1) is 24.6. The fourth-order valence-corrected chi connectivity index (χ4v) is 7.50. The van der Waals surface area contributed by atoms with Crippen molar-refractivity contribution in [1.29, 1.82) is 0 Å². The third kappa shape index (κ3) is 4.06. The predicted octanol–water partition coefficient (Wildman–Crippen LogP) is 2.90. The van der Waals surface area contributed by atoms with E-state index in [1.807, 2.05) is 0 Å². The van der Waals surface area contributed by atoms with E-state index in [2.05, 4.69) is 20.5 Å². The van der Waals surface area contributed by atoms with E-state index in [-0.39, 0.29) is 51.9 Å². The van der Waals surface area contributed by atoms with E-state index in [0.717, 1.165) is 30.7 Å². The van der Waals surface area contributed by atoms with Crippen LogP contribution in [-0.4, -0.2) is 50.9 Å². The lowest BCUT2D eigenvalue weighted by molar-refractivity contribution is -0.133. The number of aliphatic hydroxyl groups excluding tert-OH is 1. The van der Waals surface area contributed by atoms with Gasteiger partial charge >= 0.3 is 0 Å². The molecule has 13 heteroatoms. The third-order valence-corrected chi connectivity index (χ3v) is 9.21. The maximum atomic E-state index is 13.9. The highest BCUT2D eigenvalue weighted by molar-refractivity contribution is 7.92. The molecule has 0 fully saturated rings. The number of amides is 1. The summed E-state index contributed by atoms with van der Waals surface area (Å²) in [5, 5.41) is 14.2. The van der Waals surface area contributed by atoms with Crippen molar-refractivity contribution in [3.05, 3.63) is 76.8 Å². The Labute approximate surface area is 218 Å². The molecule has 2 aromatic rings. The Hall–Kier alpha value is -3.71. The first-order chi connectivity index (χ1) is 17.9. The molecule has 0 saturated heterocycles. The lowest BCUT2D eigenvalue weighted by atomic mass is 9.77. The number of carbonyl (C=O) groups is 1. The normalized spacial score (nSPS) is 25.4. The van der Waals surface area contributed by atoms with Gasteiger partial charge in [0.15, 0.2) is 5.84 Å². The topological polar surface area (TPSA) is 145 Å². The highest BCUT2D eigenvalue weighted by atomic mass is 32.2. The Morgan fingerprint density at radius 1 is 1.21 bits per heavy atom. The van der Waals surface area contributed by atoms with Crippen LogP contribution in [0, 0.1) is 17.7 Å². The number of amidine groups is 1. The summed E-state index contributed by atoms with van der Waals surface area (Å²) in [7, 11) is -8.01. The Bertz CT molecular complexity index is 1700. The molecule has 4 aliphatic rings. The van der Waals surface area contributed by atoms with E-state index in [1.54, 1.807) is 17.0 Å². The molecule has 6 rings (SSSR count). The van der Waals surface area contributed by atoms with Crippen LogP contribution in [0.3, 0.4) is 0 Å². The van der Waals surface area contributed by atoms with E-state index in [0.29, 0.717) is 5.56 Å². The van der Waals surface area contributed by atoms with Crippen molar-refractivity contribution in [2.75, 3.05) is 16.3 Å². The number of fused-ring (bicyclic) bond motifs is 5. The monoisotopic (exact) mass is 558 g/mol. The molecule has 1 amide bonds. The Morgan fingerprint density at radius 3 is 2.66 bits per heavy atom. The number of hydrogen-bond donors (Lipinski definition) is 3. The van der Waals surface area contributed by atoms with Gasteiger partial charge in [0.05, 0.1) is 23.9 Å². The fraction of sp³-hybridized carbons (Fsp3) is 0.280. The van der Waals surface area contributed by atoms with Crippen LogP contribution in [0.25, 0.3) is 0 Å². The van der Waals surface area contributed by atoms with Crippen molar-refractivity contribution in [1.82, 2.24) is 4.90 Å². The summed E-state index contributed by atoms with van der Waals surface area (Å²) in [5.41, 5.74) is 1.56. The number of rotatable bonds is 5. The van der Waals surface area contributed by atoms with E-state index in [4.69, 9.17) is 0 Å². The number of nitrogens with one attached hydrogen (secondary N) is 2. The van der Waals surface area contributed by atoms with Crippen molar-refractivity contribution in [2.24, 2.45) is 16.2 Å². The standard InChI is InChI=1S/C25H23FN4O6S2/c1-37(33,34)28-17-8-9-18-19(11-17)38(35,36)29-24(27-18)21-23(31)20-14-4-5-15(10-14)22(20)30(25(21)32)12-13-2-6-16(26)7-3-13/h2-3,6-11,15,20,22,28,31H,4-5,12H2,1H3,(H,27,29)/t15-,20-,22+/m1/s1. The highest BCUT2D eigenvalue weighted by Gasteiger charge is 2.53. The van der Waals surface area contributed by atoms with Crippen molar-refractivity contribution in [3.63, 3.8) is 0 Å². The molecular weight excluding hydrogens is 535 g/mol. The third-order valence-electron chi connectivity index (χ3n) is 7.29. The van der Waals surface area contributed by atoms with E-state index in [1.165, 1.54) is 24.3 Å². The molecule has 3 N–H and O–H groups in total. The number of anilines is 2. The zero-order valence-electron chi connectivity index (χ0n) is 20.0. The molecule has 2 aliphatic carbocycles. The zero-order chi connectivity index (χ0) is 27.0. The van der Waals surface area contributed by atoms with Gasteiger partial charge in [-0.1, -0.05) is 23.8 Å². The number of nitrogens with zero attached hydrogens (tertiary/aromatic N) is 2. The Morgan fingerprint density at radius 2 is 1.95 bits per heavy atom. The van der Waals surface area contributed by atoms with Gasteiger partial charge in [-0.3, -0.25) is 9.52 Å². The van der Waals surface area contributed by atoms with Crippen LogP contribution in [0.4, 0.5) is 15.8 Å². The molecular formula is C25H23FN4O6S2. The number of carbonyl (C=O) groups excluding carboxylic acids is 1. The quantitative estimate of drug-likeness (QED) is 0.479. The van der Waals surface area contributed by atoms with Gasteiger partial charge in [0.1, 0.15) is 22.0 Å². The maximum absolute atomic E-state index is 13.9. The van der Waals surface area contributed by atoms with Gasteiger partial charge < -0.3 is 15.3 Å². The van der Waals surface area contributed by atoms with Crippen LogP contribution in [0.2, 0.25) is 0 Å². The average Bonchev–Trinajstić information content (AvgIpc) is 3.45. The second-order valence-corrected chi connectivity index (χ2v) is 13.2. The van der Waals surface area contributed by atoms with Gasteiger partial charge in [0.25, 0.3) is 15.9 Å². The SMILES string of the molecule is CS(=O)(=O)Nc1ccc2c(c1)S(=O)(=O)N=C(C1=C(O)[C@@H]3C4=C[C@@H](CC4)[C@@H]3N(Cc3ccc(F)cc3)C1=O)N2. The molecule has 2 bridgehead atoms. The van der Waals surface area contributed by atoms with Gasteiger partial charge in [-0.25, -0.2) is 12.8 Å². The van der Waals surface area contributed by atoms with Gasteiger partial charge in [-0.2, -0.15) is 8.42 Å². The summed E-state index contributed by atoms with van der Waals surface area (Å²) in [5.74, 6) is -1.97. The van der Waals surface area contributed by atoms with Gasteiger partial charge in [0, 0.05) is 12.2 Å². The van der Waals surface area contributed by atoms with E-state index < -0.39 is 37.7 Å². The molecule has 198 valence electrons. The number of sulfonamides is 2. The van der Waals surface area contributed by atoms with Crippen molar-refractivity contribution >= 4 is 43.2 Å². The number of aliphatic hydroxyl groups is 1. The minimum absolute atomic E-state index is 0.0355. The van der Waals surface area contributed by atoms with Gasteiger partial charge in [0.2, 0.25) is 10.0 Å². The first-order valence-corrected chi connectivity index (χ1v) is 15.2. The second-order valence-electron chi connectivity index (χ2n) is 9.86. The largest absolute Gasteiger partial charge is 0.511 e. The smallest absolute Gasteiger partial charge is 0.286 e.